The highest BCUT2D eigenvalue weighted by molar-refractivity contribution is 5.18. The molecule has 1 aromatic heterocycles. The molecule has 0 aliphatic rings. The fraction of sp³-hybridized carbons (Fsp3) is 0.571. The smallest absolute Gasteiger partial charge is 0.123 e. The van der Waals surface area contributed by atoms with Crippen molar-refractivity contribution in [2.24, 2.45) is 0 Å². The van der Waals surface area contributed by atoms with E-state index >= 15 is 0 Å². The summed E-state index contributed by atoms with van der Waals surface area (Å²) in [5, 5.41) is 3.53. The Morgan fingerprint density at radius 2 is 2.31 bits per heavy atom. The lowest BCUT2D eigenvalue weighted by Gasteiger charge is -2.17. The number of hydrogen-bond donors (Lipinski definition) is 1. The monoisotopic (exact) mass is 221 g/mol. The molecule has 0 bridgehead atoms. The predicted octanol–water partition coefficient (Wildman–Crippen LogP) is 3.99. The van der Waals surface area contributed by atoms with E-state index in [1.165, 1.54) is 11.1 Å². The third-order valence-corrected chi connectivity index (χ3v) is 2.72. The molecule has 0 spiro atoms. The van der Waals surface area contributed by atoms with Gasteiger partial charge in [0, 0.05) is 0 Å². The molecule has 90 valence electrons. The third-order valence-electron chi connectivity index (χ3n) is 2.72. The van der Waals surface area contributed by atoms with Crippen LogP contribution < -0.4 is 5.32 Å². The van der Waals surface area contributed by atoms with Crippen LogP contribution in [0.4, 0.5) is 0 Å². The van der Waals surface area contributed by atoms with Crippen molar-refractivity contribution in [2.45, 2.75) is 46.1 Å². The van der Waals surface area contributed by atoms with Crippen molar-refractivity contribution in [2.75, 3.05) is 6.54 Å². The Morgan fingerprint density at radius 3 is 2.81 bits per heavy atom. The summed E-state index contributed by atoms with van der Waals surface area (Å²) in [4.78, 5) is 0. The van der Waals surface area contributed by atoms with Crippen LogP contribution in [0.3, 0.4) is 0 Å². The molecule has 1 rings (SSSR count). The minimum absolute atomic E-state index is 0.326. The predicted molar refractivity (Wildman–Crippen MR) is 68.5 cm³/mol. The molecular weight excluding hydrogens is 198 g/mol. The Hall–Kier alpha value is -1.02. The van der Waals surface area contributed by atoms with Gasteiger partial charge in [-0.3, -0.25) is 0 Å². The molecule has 1 unspecified atom stereocenters. The standard InChI is InChI=1S/C14H23NO/c1-5-9-15-13(7-6-11(2)3)14-12(4)8-10-16-14/h8,10,13,15H,2,5-7,9H2,1,3-4H3. The van der Waals surface area contributed by atoms with Crippen molar-refractivity contribution in [1.29, 1.82) is 0 Å². The second-order valence-corrected chi connectivity index (χ2v) is 4.47. The lowest BCUT2D eigenvalue weighted by Crippen LogP contribution is -2.22. The van der Waals surface area contributed by atoms with E-state index < -0.39 is 0 Å². The van der Waals surface area contributed by atoms with Gasteiger partial charge in [0.1, 0.15) is 5.76 Å². The van der Waals surface area contributed by atoms with Crippen LogP contribution in [-0.4, -0.2) is 6.54 Å². The lowest BCUT2D eigenvalue weighted by molar-refractivity contribution is 0.393. The van der Waals surface area contributed by atoms with Gasteiger partial charge in [0.15, 0.2) is 0 Å². The van der Waals surface area contributed by atoms with Crippen LogP contribution in [0.5, 0.6) is 0 Å². The summed E-state index contributed by atoms with van der Waals surface area (Å²) in [7, 11) is 0. The number of rotatable bonds is 7. The van der Waals surface area contributed by atoms with E-state index in [2.05, 4.69) is 32.7 Å². The van der Waals surface area contributed by atoms with Gasteiger partial charge in [-0.05, 0) is 51.3 Å². The van der Waals surface area contributed by atoms with Crippen molar-refractivity contribution in [1.82, 2.24) is 5.32 Å². The molecule has 0 amide bonds. The Labute approximate surface area is 98.7 Å². The zero-order valence-corrected chi connectivity index (χ0v) is 10.7. The summed E-state index contributed by atoms with van der Waals surface area (Å²) < 4.78 is 5.56. The van der Waals surface area contributed by atoms with Crippen LogP contribution in [0.1, 0.15) is 50.5 Å². The quantitative estimate of drug-likeness (QED) is 0.704. The van der Waals surface area contributed by atoms with E-state index in [1.807, 2.05) is 6.07 Å². The average Bonchev–Trinajstić information content (AvgIpc) is 2.65. The van der Waals surface area contributed by atoms with Crippen molar-refractivity contribution >= 4 is 0 Å². The van der Waals surface area contributed by atoms with E-state index in [0.29, 0.717) is 6.04 Å². The molecule has 0 aromatic carbocycles. The van der Waals surface area contributed by atoms with Crippen molar-refractivity contribution in [3.05, 3.63) is 35.8 Å². The summed E-state index contributed by atoms with van der Waals surface area (Å²) in [5.74, 6) is 1.08. The molecule has 2 nitrogen and oxygen atoms in total. The largest absolute Gasteiger partial charge is 0.467 e. The van der Waals surface area contributed by atoms with E-state index in [4.69, 9.17) is 4.42 Å². The van der Waals surface area contributed by atoms with E-state index in [1.54, 1.807) is 6.26 Å². The van der Waals surface area contributed by atoms with Crippen LogP contribution >= 0.6 is 0 Å². The van der Waals surface area contributed by atoms with Crippen LogP contribution in [0, 0.1) is 6.92 Å². The molecular formula is C14H23NO. The van der Waals surface area contributed by atoms with Crippen LogP contribution in [-0.2, 0) is 0 Å². The molecule has 0 aliphatic heterocycles. The van der Waals surface area contributed by atoms with Gasteiger partial charge in [0.05, 0.1) is 12.3 Å². The summed E-state index contributed by atoms with van der Waals surface area (Å²) in [6, 6.07) is 2.35. The fourth-order valence-corrected chi connectivity index (χ4v) is 1.78. The van der Waals surface area contributed by atoms with E-state index in [9.17, 15) is 0 Å². The van der Waals surface area contributed by atoms with Crippen LogP contribution in [0.15, 0.2) is 28.9 Å². The third kappa shape index (κ3) is 3.86. The van der Waals surface area contributed by atoms with Gasteiger partial charge in [-0.2, -0.15) is 0 Å². The highest BCUT2D eigenvalue weighted by atomic mass is 16.3. The number of hydrogen-bond acceptors (Lipinski definition) is 2. The Balaban J connectivity index is 2.63. The second kappa shape index (κ2) is 6.54. The maximum atomic E-state index is 5.56. The molecule has 1 aromatic rings. The summed E-state index contributed by atoms with van der Waals surface area (Å²) in [5.41, 5.74) is 2.46. The summed E-state index contributed by atoms with van der Waals surface area (Å²) in [6.07, 6.45) is 5.01. The molecule has 0 saturated heterocycles. The van der Waals surface area contributed by atoms with Gasteiger partial charge < -0.3 is 9.73 Å². The molecule has 0 radical (unpaired) electrons. The van der Waals surface area contributed by atoms with E-state index in [-0.39, 0.29) is 0 Å². The topological polar surface area (TPSA) is 25.2 Å². The minimum Gasteiger partial charge on any atom is -0.467 e. The molecule has 2 heteroatoms. The first-order valence-electron chi connectivity index (χ1n) is 6.07. The first kappa shape index (κ1) is 13.0. The fourth-order valence-electron chi connectivity index (χ4n) is 1.78. The van der Waals surface area contributed by atoms with Gasteiger partial charge in [0.2, 0.25) is 0 Å². The number of furan rings is 1. The summed E-state index contributed by atoms with van der Waals surface area (Å²) in [6.45, 7) is 11.3. The van der Waals surface area contributed by atoms with Gasteiger partial charge in [-0.1, -0.05) is 12.5 Å². The SMILES string of the molecule is C=C(C)CCC(NCCC)c1occc1C. The van der Waals surface area contributed by atoms with Crippen molar-refractivity contribution < 1.29 is 4.42 Å². The van der Waals surface area contributed by atoms with Gasteiger partial charge >= 0.3 is 0 Å². The first-order valence-corrected chi connectivity index (χ1v) is 6.07. The number of allylic oxidation sites excluding steroid dienone is 1. The maximum Gasteiger partial charge on any atom is 0.123 e. The molecule has 1 heterocycles. The zero-order valence-electron chi connectivity index (χ0n) is 10.7. The number of aryl methyl sites for hydroxylation is 1. The minimum atomic E-state index is 0.326. The van der Waals surface area contributed by atoms with Gasteiger partial charge in [0.25, 0.3) is 0 Å². The lowest BCUT2D eigenvalue weighted by atomic mass is 10.0. The van der Waals surface area contributed by atoms with E-state index in [0.717, 1.165) is 31.6 Å². The highest BCUT2D eigenvalue weighted by Crippen LogP contribution is 2.24. The summed E-state index contributed by atoms with van der Waals surface area (Å²) >= 11 is 0. The normalized spacial score (nSPS) is 12.7. The molecule has 0 fully saturated rings. The van der Waals surface area contributed by atoms with Crippen molar-refractivity contribution in [3.63, 3.8) is 0 Å². The Bertz CT molecular complexity index is 327. The molecule has 0 aliphatic carbocycles. The average molecular weight is 221 g/mol. The highest BCUT2D eigenvalue weighted by Gasteiger charge is 2.15. The first-order chi connectivity index (χ1) is 7.65. The number of nitrogens with one attached hydrogen (secondary N) is 1. The molecule has 1 N–H and O–H groups in total. The Morgan fingerprint density at radius 1 is 1.56 bits per heavy atom. The molecule has 16 heavy (non-hydrogen) atoms. The van der Waals surface area contributed by atoms with Crippen LogP contribution in [0.2, 0.25) is 0 Å². The molecule has 1 atom stereocenters. The van der Waals surface area contributed by atoms with Crippen molar-refractivity contribution in [3.8, 4) is 0 Å². The van der Waals surface area contributed by atoms with Gasteiger partial charge in [-0.15, -0.1) is 6.58 Å². The zero-order chi connectivity index (χ0) is 12.0. The van der Waals surface area contributed by atoms with Crippen LogP contribution in [0.25, 0.3) is 0 Å². The maximum absolute atomic E-state index is 5.56. The molecule has 0 saturated carbocycles. The Kier molecular flexibility index (Phi) is 5.33. The van der Waals surface area contributed by atoms with Gasteiger partial charge in [-0.25, -0.2) is 0 Å². The second-order valence-electron chi connectivity index (χ2n) is 4.47.